The standard InChI is InChI=1S/C20H26F5N3O2S/c1-20(2,3)17-12-18(28(27(17)4)13-15-8-6-10-30-15)26-19(29)14-7-5-9-16(11-14)31(21,22,23,24)25/h5,7,9,11-12,15H,6,8,10,13H2,1-4H3/t15-/m1/s1. The molecule has 5 nitrogen and oxygen atoms in total. The van der Waals surface area contributed by atoms with Crippen LogP contribution in [0.3, 0.4) is 0 Å². The molecule has 2 heterocycles. The molecular weight excluding hydrogens is 441 g/mol. The molecule has 1 amide bonds. The highest BCUT2D eigenvalue weighted by molar-refractivity contribution is 8.45. The Kier molecular flexibility index (Phi) is 5.26. The van der Waals surface area contributed by atoms with Gasteiger partial charge in [0.25, 0.3) is 5.91 Å². The van der Waals surface area contributed by atoms with Gasteiger partial charge in [-0.2, -0.15) is 4.99 Å². The molecule has 1 fully saturated rings. The number of halogens is 5. The highest BCUT2D eigenvalue weighted by Gasteiger charge is 2.65. The van der Waals surface area contributed by atoms with Gasteiger partial charge in [0, 0.05) is 36.4 Å². The largest absolute Gasteiger partial charge is 0.376 e. The van der Waals surface area contributed by atoms with Gasteiger partial charge in [0.2, 0.25) is 0 Å². The average Bonchev–Trinajstić information content (AvgIpc) is 3.23. The molecule has 3 rings (SSSR count). The van der Waals surface area contributed by atoms with Crippen LogP contribution in [-0.2, 0) is 23.7 Å². The van der Waals surface area contributed by atoms with E-state index in [1.807, 2.05) is 25.5 Å². The van der Waals surface area contributed by atoms with E-state index in [1.165, 1.54) is 0 Å². The van der Waals surface area contributed by atoms with Crippen LogP contribution in [0.2, 0.25) is 0 Å². The number of rotatable bonds is 4. The SMILES string of the molecule is Cn1c(C(C)(C)C)cc(=NC(=O)c2cccc(S(F)(F)(F)(F)F)c2)n1C[C@H]1CCCO1. The lowest BCUT2D eigenvalue weighted by Gasteiger charge is -2.40. The average molecular weight is 468 g/mol. The second-order valence-electron chi connectivity index (χ2n) is 8.79. The second-order valence-corrected chi connectivity index (χ2v) is 11.2. The quantitative estimate of drug-likeness (QED) is 0.542. The molecule has 1 aliphatic heterocycles. The van der Waals surface area contributed by atoms with Gasteiger partial charge in [-0.15, -0.1) is 0 Å². The summed E-state index contributed by atoms with van der Waals surface area (Å²) in [6.45, 7) is 6.96. The summed E-state index contributed by atoms with van der Waals surface area (Å²) in [6.07, 6.45) is 1.67. The molecular formula is C20H26F5N3O2S. The number of hydrogen-bond donors (Lipinski definition) is 0. The van der Waals surface area contributed by atoms with Crippen molar-refractivity contribution in [1.29, 1.82) is 0 Å². The van der Waals surface area contributed by atoms with E-state index in [9.17, 15) is 24.2 Å². The van der Waals surface area contributed by atoms with E-state index in [-0.39, 0.29) is 29.1 Å². The molecule has 0 saturated carbocycles. The molecule has 0 bridgehead atoms. The van der Waals surface area contributed by atoms with E-state index in [1.54, 1.807) is 17.8 Å². The Balaban J connectivity index is 2.08. The van der Waals surface area contributed by atoms with E-state index in [4.69, 9.17) is 4.74 Å². The fourth-order valence-electron chi connectivity index (χ4n) is 3.60. The van der Waals surface area contributed by atoms with Gasteiger partial charge >= 0.3 is 10.2 Å². The zero-order chi connectivity index (χ0) is 23.3. The molecule has 31 heavy (non-hydrogen) atoms. The van der Waals surface area contributed by atoms with Crippen molar-refractivity contribution < 1.29 is 29.0 Å². The minimum absolute atomic E-state index is 0.0769. The predicted molar refractivity (Wildman–Crippen MR) is 109 cm³/mol. The lowest BCUT2D eigenvalue weighted by molar-refractivity contribution is 0.0885. The first-order valence-electron chi connectivity index (χ1n) is 9.78. The van der Waals surface area contributed by atoms with Crippen molar-refractivity contribution in [3.8, 4) is 0 Å². The lowest BCUT2D eigenvalue weighted by Crippen LogP contribution is -2.30. The maximum Gasteiger partial charge on any atom is 0.310 e. The van der Waals surface area contributed by atoms with Crippen LogP contribution in [0.4, 0.5) is 19.4 Å². The molecule has 0 radical (unpaired) electrons. The highest BCUT2D eigenvalue weighted by Crippen LogP contribution is 3.02. The van der Waals surface area contributed by atoms with Crippen LogP contribution in [0.1, 0.15) is 49.7 Å². The normalized spacial score (nSPS) is 20.5. The van der Waals surface area contributed by atoms with Crippen molar-refractivity contribution in [1.82, 2.24) is 9.36 Å². The zero-order valence-electron chi connectivity index (χ0n) is 17.7. The Bertz CT molecular complexity index is 1080. The molecule has 0 N–H and O–H groups in total. The second kappa shape index (κ2) is 6.93. The van der Waals surface area contributed by atoms with Gasteiger partial charge in [0.1, 0.15) is 4.90 Å². The van der Waals surface area contributed by atoms with Crippen molar-refractivity contribution in [3.05, 3.63) is 47.1 Å². The summed E-state index contributed by atoms with van der Waals surface area (Å²) in [5.41, 5.74) is 0.213. The van der Waals surface area contributed by atoms with Crippen LogP contribution in [0.5, 0.6) is 0 Å². The minimum atomic E-state index is -9.90. The van der Waals surface area contributed by atoms with Crippen LogP contribution >= 0.6 is 10.2 Å². The number of ether oxygens (including phenoxy) is 1. The fraction of sp³-hybridized carbons (Fsp3) is 0.500. The van der Waals surface area contributed by atoms with E-state index < -0.39 is 26.6 Å². The Morgan fingerprint density at radius 3 is 2.42 bits per heavy atom. The Morgan fingerprint density at radius 2 is 1.87 bits per heavy atom. The first kappa shape index (κ1) is 23.5. The molecule has 1 saturated heterocycles. The number of benzene rings is 1. The fourth-order valence-corrected chi connectivity index (χ4v) is 4.29. The smallest absolute Gasteiger partial charge is 0.310 e. The van der Waals surface area contributed by atoms with Crippen LogP contribution in [0.15, 0.2) is 40.2 Å². The third kappa shape index (κ3) is 5.38. The summed E-state index contributed by atoms with van der Waals surface area (Å²) in [5, 5.41) is 0. The van der Waals surface area contributed by atoms with Gasteiger partial charge in [-0.05, 0) is 31.0 Å². The highest BCUT2D eigenvalue weighted by atomic mass is 32.5. The Labute approximate surface area is 177 Å². The molecule has 1 aromatic carbocycles. The van der Waals surface area contributed by atoms with E-state index in [0.29, 0.717) is 13.2 Å². The maximum absolute atomic E-state index is 13.1. The van der Waals surface area contributed by atoms with Gasteiger partial charge in [-0.1, -0.05) is 46.3 Å². The van der Waals surface area contributed by atoms with Crippen LogP contribution in [-0.4, -0.2) is 28.0 Å². The monoisotopic (exact) mass is 467 g/mol. The molecule has 2 aromatic rings. The van der Waals surface area contributed by atoms with Crippen molar-refractivity contribution in [3.63, 3.8) is 0 Å². The van der Waals surface area contributed by atoms with E-state index in [2.05, 4.69) is 4.99 Å². The molecule has 0 spiro atoms. The first-order valence-corrected chi connectivity index (χ1v) is 11.7. The first-order chi connectivity index (χ1) is 14.0. The van der Waals surface area contributed by atoms with Crippen LogP contribution < -0.4 is 5.49 Å². The van der Waals surface area contributed by atoms with E-state index >= 15 is 0 Å². The van der Waals surface area contributed by atoms with Crippen molar-refractivity contribution >= 4 is 16.1 Å². The third-order valence-electron chi connectivity index (χ3n) is 5.15. The van der Waals surface area contributed by atoms with Crippen molar-refractivity contribution in [2.75, 3.05) is 6.61 Å². The van der Waals surface area contributed by atoms with E-state index in [0.717, 1.165) is 30.7 Å². The molecule has 0 unspecified atom stereocenters. The van der Waals surface area contributed by atoms with Gasteiger partial charge < -0.3 is 4.74 Å². The number of hydrogen-bond acceptors (Lipinski definition) is 2. The molecule has 1 aliphatic rings. The number of nitrogens with zero attached hydrogens (tertiary/aromatic N) is 3. The van der Waals surface area contributed by atoms with Gasteiger partial charge in [-0.3, -0.25) is 14.2 Å². The Morgan fingerprint density at radius 1 is 1.19 bits per heavy atom. The third-order valence-corrected chi connectivity index (χ3v) is 6.30. The lowest BCUT2D eigenvalue weighted by atomic mass is 9.92. The zero-order valence-corrected chi connectivity index (χ0v) is 18.6. The van der Waals surface area contributed by atoms with Gasteiger partial charge in [0.15, 0.2) is 5.49 Å². The number of carbonyl (C=O) groups excluding carboxylic acids is 1. The summed E-state index contributed by atoms with van der Waals surface area (Å²) in [4.78, 5) is 14.5. The number of amides is 1. The molecule has 1 atom stereocenters. The maximum atomic E-state index is 13.1. The summed E-state index contributed by atoms with van der Waals surface area (Å²) < 4.78 is 74.9. The van der Waals surface area contributed by atoms with Crippen LogP contribution in [0.25, 0.3) is 0 Å². The molecule has 1 aromatic heterocycles. The molecule has 174 valence electrons. The van der Waals surface area contributed by atoms with Crippen molar-refractivity contribution in [2.24, 2.45) is 12.0 Å². The summed E-state index contributed by atoms with van der Waals surface area (Å²) in [7, 11) is -8.10. The predicted octanol–water partition coefficient (Wildman–Crippen LogP) is 5.70. The van der Waals surface area contributed by atoms with Gasteiger partial charge in [0.05, 0.1) is 12.6 Å². The van der Waals surface area contributed by atoms with Gasteiger partial charge in [-0.25, -0.2) is 0 Å². The van der Waals surface area contributed by atoms with Crippen molar-refractivity contribution in [2.45, 2.75) is 56.6 Å². The summed E-state index contributed by atoms with van der Waals surface area (Å²) >= 11 is 0. The summed E-state index contributed by atoms with van der Waals surface area (Å²) in [5.74, 6) is -1.03. The minimum Gasteiger partial charge on any atom is -0.376 e. The number of carbonyl (C=O) groups is 1. The molecule has 0 aliphatic carbocycles. The molecule has 11 heteroatoms. The Hall–Kier alpha value is -2.14. The number of aromatic nitrogens is 2. The topological polar surface area (TPSA) is 48.5 Å². The summed E-state index contributed by atoms with van der Waals surface area (Å²) in [6, 6.07) is 3.92. The van der Waals surface area contributed by atoms with Crippen LogP contribution in [0, 0.1) is 0 Å².